The van der Waals surface area contributed by atoms with E-state index in [0.717, 1.165) is 5.01 Å². The van der Waals surface area contributed by atoms with Gasteiger partial charge in [0, 0.05) is 5.69 Å². The number of carbonyl (C=O) groups is 1. The largest absolute Gasteiger partial charge is 0.321 e. The Labute approximate surface area is 120 Å². The molecule has 1 amide bonds. The standard InChI is InChI=1S/C12H13N3O3S2/c1-7-5-9(20(13,17)18)3-4-10(7)15-12(16)11-6-14-8(2)19-11/h3-6H,1-2H3,(H,15,16)(H2,13,17,18). The molecule has 6 nitrogen and oxygen atoms in total. The Morgan fingerprint density at radius 2 is 2.05 bits per heavy atom. The lowest BCUT2D eigenvalue weighted by Crippen LogP contribution is -2.14. The first-order chi connectivity index (χ1) is 9.27. The smallest absolute Gasteiger partial charge is 0.267 e. The van der Waals surface area contributed by atoms with Crippen molar-refractivity contribution in [3.63, 3.8) is 0 Å². The van der Waals surface area contributed by atoms with Gasteiger partial charge in [0.1, 0.15) is 4.88 Å². The molecule has 0 saturated carbocycles. The minimum absolute atomic E-state index is 0.0154. The molecule has 1 aromatic carbocycles. The molecule has 1 aromatic heterocycles. The summed E-state index contributed by atoms with van der Waals surface area (Å²) >= 11 is 1.29. The number of nitrogens with one attached hydrogen (secondary N) is 1. The molecule has 0 aliphatic heterocycles. The van der Waals surface area contributed by atoms with Crippen LogP contribution in [0.5, 0.6) is 0 Å². The Morgan fingerprint density at radius 1 is 1.35 bits per heavy atom. The molecule has 0 atom stereocenters. The average molecular weight is 311 g/mol. The van der Waals surface area contributed by atoms with Crippen LogP contribution in [0, 0.1) is 13.8 Å². The quantitative estimate of drug-likeness (QED) is 0.899. The predicted octanol–water partition coefficient (Wildman–Crippen LogP) is 1.66. The van der Waals surface area contributed by atoms with Crippen molar-refractivity contribution in [3.8, 4) is 0 Å². The highest BCUT2D eigenvalue weighted by molar-refractivity contribution is 7.89. The maximum absolute atomic E-state index is 12.0. The Hall–Kier alpha value is -1.77. The lowest BCUT2D eigenvalue weighted by molar-refractivity contribution is 0.103. The summed E-state index contributed by atoms with van der Waals surface area (Å²) in [6, 6.07) is 4.29. The van der Waals surface area contributed by atoms with Crippen LogP contribution in [0.25, 0.3) is 0 Å². The first-order valence-corrected chi connectivity index (χ1v) is 8.01. The van der Waals surface area contributed by atoms with Crippen molar-refractivity contribution in [2.75, 3.05) is 5.32 Å². The molecule has 20 heavy (non-hydrogen) atoms. The van der Waals surface area contributed by atoms with Crippen LogP contribution in [-0.4, -0.2) is 19.3 Å². The minimum atomic E-state index is -3.74. The van der Waals surface area contributed by atoms with Gasteiger partial charge in [0.2, 0.25) is 10.0 Å². The van der Waals surface area contributed by atoms with Gasteiger partial charge < -0.3 is 5.32 Å². The van der Waals surface area contributed by atoms with Crippen molar-refractivity contribution in [2.45, 2.75) is 18.7 Å². The fourth-order valence-corrected chi connectivity index (χ4v) is 2.88. The number of aryl methyl sites for hydroxylation is 2. The highest BCUT2D eigenvalue weighted by Crippen LogP contribution is 2.20. The van der Waals surface area contributed by atoms with Crippen molar-refractivity contribution < 1.29 is 13.2 Å². The number of rotatable bonds is 3. The van der Waals surface area contributed by atoms with E-state index in [2.05, 4.69) is 10.3 Å². The zero-order valence-electron chi connectivity index (χ0n) is 10.9. The first kappa shape index (κ1) is 14.6. The number of sulfonamides is 1. The zero-order chi connectivity index (χ0) is 14.9. The number of anilines is 1. The summed E-state index contributed by atoms with van der Waals surface area (Å²) < 4.78 is 22.5. The number of thiazole rings is 1. The van der Waals surface area contributed by atoms with Gasteiger partial charge in [-0.3, -0.25) is 4.79 Å². The van der Waals surface area contributed by atoms with E-state index in [1.807, 2.05) is 6.92 Å². The molecule has 0 spiro atoms. The lowest BCUT2D eigenvalue weighted by atomic mass is 10.2. The third kappa shape index (κ3) is 3.21. The Kier molecular flexibility index (Phi) is 3.89. The van der Waals surface area contributed by atoms with Crippen LogP contribution in [0.1, 0.15) is 20.2 Å². The molecule has 0 saturated heterocycles. The second-order valence-corrected chi connectivity index (χ2v) is 7.02. The van der Waals surface area contributed by atoms with Gasteiger partial charge in [-0.05, 0) is 37.6 Å². The van der Waals surface area contributed by atoms with Crippen LogP contribution in [-0.2, 0) is 10.0 Å². The molecule has 3 N–H and O–H groups in total. The zero-order valence-corrected chi connectivity index (χ0v) is 12.5. The van der Waals surface area contributed by atoms with Gasteiger partial charge in [0.05, 0.1) is 16.1 Å². The van der Waals surface area contributed by atoms with Gasteiger partial charge in [0.15, 0.2) is 0 Å². The third-order valence-corrected chi connectivity index (χ3v) is 4.44. The summed E-state index contributed by atoms with van der Waals surface area (Å²) in [5.74, 6) is -0.276. The van der Waals surface area contributed by atoms with Gasteiger partial charge in [-0.1, -0.05) is 0 Å². The molecule has 0 fully saturated rings. The van der Waals surface area contributed by atoms with Crippen molar-refractivity contribution in [1.29, 1.82) is 0 Å². The number of amides is 1. The van der Waals surface area contributed by atoms with Crippen LogP contribution in [0.2, 0.25) is 0 Å². The normalized spacial score (nSPS) is 11.3. The molecule has 2 aromatic rings. The van der Waals surface area contributed by atoms with Gasteiger partial charge in [-0.25, -0.2) is 18.5 Å². The van der Waals surface area contributed by atoms with Crippen molar-refractivity contribution in [3.05, 3.63) is 39.8 Å². The minimum Gasteiger partial charge on any atom is -0.321 e. The van der Waals surface area contributed by atoms with Crippen molar-refractivity contribution in [1.82, 2.24) is 4.98 Å². The maximum atomic E-state index is 12.0. The van der Waals surface area contributed by atoms with E-state index in [0.29, 0.717) is 16.1 Å². The van der Waals surface area contributed by atoms with Crippen LogP contribution in [0.4, 0.5) is 5.69 Å². The molecule has 0 bridgehead atoms. The number of benzene rings is 1. The molecular weight excluding hydrogens is 298 g/mol. The van der Waals surface area contributed by atoms with Crippen LogP contribution < -0.4 is 10.5 Å². The first-order valence-electron chi connectivity index (χ1n) is 5.64. The summed E-state index contributed by atoms with van der Waals surface area (Å²) in [5, 5.41) is 8.57. The van der Waals surface area contributed by atoms with Crippen LogP contribution >= 0.6 is 11.3 Å². The summed E-state index contributed by atoms with van der Waals surface area (Å²) in [4.78, 5) is 16.5. The molecule has 0 aliphatic rings. The highest BCUT2D eigenvalue weighted by Gasteiger charge is 2.13. The van der Waals surface area contributed by atoms with Gasteiger partial charge in [-0.2, -0.15) is 0 Å². The van der Waals surface area contributed by atoms with Gasteiger partial charge in [-0.15, -0.1) is 11.3 Å². The van der Waals surface area contributed by atoms with E-state index in [1.54, 1.807) is 6.92 Å². The number of aromatic nitrogens is 1. The van der Waals surface area contributed by atoms with E-state index < -0.39 is 10.0 Å². The topological polar surface area (TPSA) is 102 Å². The van der Waals surface area contributed by atoms with E-state index in [4.69, 9.17) is 5.14 Å². The van der Waals surface area contributed by atoms with E-state index >= 15 is 0 Å². The molecular formula is C12H13N3O3S2. The Morgan fingerprint density at radius 3 is 2.55 bits per heavy atom. The Bertz CT molecular complexity index is 766. The SMILES string of the molecule is Cc1ncc(C(=O)Nc2ccc(S(N)(=O)=O)cc2C)s1. The molecule has 0 aliphatic carbocycles. The lowest BCUT2D eigenvalue weighted by Gasteiger charge is -2.08. The number of primary sulfonamides is 1. The fraction of sp³-hybridized carbons (Fsp3) is 0.167. The summed E-state index contributed by atoms with van der Waals surface area (Å²) in [6.45, 7) is 3.51. The second kappa shape index (κ2) is 5.31. The molecule has 8 heteroatoms. The van der Waals surface area contributed by atoms with E-state index in [-0.39, 0.29) is 10.8 Å². The number of nitrogens with zero attached hydrogens (tertiary/aromatic N) is 1. The van der Waals surface area contributed by atoms with E-state index in [1.165, 1.54) is 35.7 Å². The maximum Gasteiger partial charge on any atom is 0.267 e. The van der Waals surface area contributed by atoms with Crippen LogP contribution in [0.15, 0.2) is 29.3 Å². The summed E-state index contributed by atoms with van der Waals surface area (Å²) in [6.07, 6.45) is 1.50. The number of hydrogen-bond acceptors (Lipinski definition) is 5. The average Bonchev–Trinajstić information content (AvgIpc) is 2.77. The summed E-state index contributed by atoms with van der Waals surface area (Å²) in [5.41, 5.74) is 1.15. The van der Waals surface area contributed by atoms with Gasteiger partial charge >= 0.3 is 0 Å². The molecule has 2 rings (SSSR count). The predicted molar refractivity (Wildman–Crippen MR) is 77.4 cm³/mol. The van der Waals surface area contributed by atoms with E-state index in [9.17, 15) is 13.2 Å². The highest BCUT2D eigenvalue weighted by atomic mass is 32.2. The van der Waals surface area contributed by atoms with Gasteiger partial charge in [0.25, 0.3) is 5.91 Å². The third-order valence-electron chi connectivity index (χ3n) is 2.62. The number of hydrogen-bond donors (Lipinski definition) is 2. The second-order valence-electron chi connectivity index (χ2n) is 4.22. The Balaban J connectivity index is 2.25. The molecule has 0 radical (unpaired) electrons. The van der Waals surface area contributed by atoms with Crippen molar-refractivity contribution in [2.24, 2.45) is 5.14 Å². The monoisotopic (exact) mass is 311 g/mol. The molecule has 106 valence electrons. The van der Waals surface area contributed by atoms with Crippen molar-refractivity contribution >= 4 is 33.0 Å². The molecule has 0 unspecified atom stereocenters. The number of nitrogens with two attached hydrogens (primary N) is 1. The molecule has 1 heterocycles. The number of carbonyl (C=O) groups excluding carboxylic acids is 1. The fourth-order valence-electron chi connectivity index (χ4n) is 1.60. The van der Waals surface area contributed by atoms with Crippen LogP contribution in [0.3, 0.4) is 0 Å². The summed E-state index contributed by atoms with van der Waals surface area (Å²) in [7, 11) is -3.74.